The van der Waals surface area contributed by atoms with Crippen LogP contribution in [-0.4, -0.2) is 33.6 Å². The van der Waals surface area contributed by atoms with Gasteiger partial charge < -0.3 is 20.1 Å². The maximum atomic E-state index is 12.9. The Morgan fingerprint density at radius 2 is 2.23 bits per heavy atom. The molecule has 0 saturated carbocycles. The molecule has 2 aromatic carbocycles. The Bertz CT molecular complexity index is 1060. The predicted octanol–water partition coefficient (Wildman–Crippen LogP) is 0.00280. The lowest BCUT2D eigenvalue weighted by atomic mass is 9.79. The molecule has 8 nitrogen and oxygen atoms in total. The van der Waals surface area contributed by atoms with E-state index in [1.165, 1.54) is 30.3 Å². The van der Waals surface area contributed by atoms with E-state index in [1.807, 2.05) is 0 Å². The highest BCUT2D eigenvalue weighted by Crippen LogP contribution is 2.23. The van der Waals surface area contributed by atoms with Crippen LogP contribution >= 0.6 is 0 Å². The fourth-order valence-electron chi connectivity index (χ4n) is 2.68. The number of rotatable bonds is 5. The molecule has 0 aliphatic carbocycles. The number of benzene rings is 2. The van der Waals surface area contributed by atoms with Crippen molar-refractivity contribution in [1.82, 2.24) is 0 Å². The topological polar surface area (TPSA) is 128 Å². The number of nitrogen functional groups attached to an aromatic ring is 1. The maximum Gasteiger partial charge on any atom is 0.491 e. The summed E-state index contributed by atoms with van der Waals surface area (Å²) in [5.41, 5.74) is 7.23. The largest absolute Gasteiger partial charge is 0.491 e. The third kappa shape index (κ3) is 3.67. The van der Waals surface area contributed by atoms with Crippen molar-refractivity contribution in [1.29, 1.82) is 0 Å². The highest BCUT2D eigenvalue weighted by molar-refractivity contribution is 7.92. The van der Waals surface area contributed by atoms with Gasteiger partial charge in [-0.15, -0.1) is 0 Å². The second-order valence-corrected chi connectivity index (χ2v) is 7.35. The average molecular weight is 379 g/mol. The molecule has 0 amide bonds. The molecular formula is C16H17BN2O6S. The van der Waals surface area contributed by atoms with Gasteiger partial charge in [-0.05, 0) is 46.9 Å². The van der Waals surface area contributed by atoms with Crippen LogP contribution in [0.3, 0.4) is 0 Å². The van der Waals surface area contributed by atoms with Gasteiger partial charge in [0.05, 0.1) is 29.1 Å². The number of nitrogens with two attached hydrogens (primary N) is 1. The molecule has 0 unspecified atom stereocenters. The molecule has 3 rings (SSSR count). The Morgan fingerprint density at radius 1 is 1.42 bits per heavy atom. The van der Waals surface area contributed by atoms with Crippen molar-refractivity contribution in [2.24, 2.45) is 0 Å². The predicted molar refractivity (Wildman–Crippen MR) is 96.2 cm³/mol. The van der Waals surface area contributed by atoms with E-state index >= 15 is 0 Å². The molecule has 10 heteroatoms. The van der Waals surface area contributed by atoms with Crippen LogP contribution < -0.4 is 15.9 Å². The number of ether oxygens (including phenoxy) is 1. The molecule has 0 fully saturated rings. The van der Waals surface area contributed by atoms with E-state index in [0.29, 0.717) is 5.46 Å². The third-order valence-electron chi connectivity index (χ3n) is 3.88. The van der Waals surface area contributed by atoms with Gasteiger partial charge >= 0.3 is 13.1 Å². The zero-order valence-electron chi connectivity index (χ0n) is 16.4. The minimum absolute atomic E-state index is 0.0173. The van der Waals surface area contributed by atoms with Gasteiger partial charge in [0.25, 0.3) is 10.0 Å². The van der Waals surface area contributed by atoms with E-state index in [-0.39, 0.29) is 28.4 Å². The zero-order chi connectivity index (χ0) is 21.4. The molecule has 4 N–H and O–H groups in total. The number of carbonyl (C=O) groups is 1. The molecule has 1 aliphatic heterocycles. The first-order chi connectivity index (χ1) is 13.4. The van der Waals surface area contributed by atoms with Crippen molar-refractivity contribution in [3.05, 3.63) is 47.5 Å². The Labute approximate surface area is 155 Å². The van der Waals surface area contributed by atoms with Gasteiger partial charge in [0.1, 0.15) is 0 Å². The molecule has 1 heterocycles. The van der Waals surface area contributed by atoms with Crippen LogP contribution in [0.4, 0.5) is 11.4 Å². The van der Waals surface area contributed by atoms with Crippen LogP contribution in [0.25, 0.3) is 0 Å². The van der Waals surface area contributed by atoms with Crippen LogP contribution in [0.15, 0.2) is 41.3 Å². The first-order valence-electron chi connectivity index (χ1n) is 9.00. The van der Waals surface area contributed by atoms with E-state index in [4.69, 9.17) is 14.5 Å². The normalized spacial score (nSPS) is 15.6. The minimum atomic E-state index is -4.16. The number of hydrogen-bond donors (Lipinski definition) is 3. The summed E-state index contributed by atoms with van der Waals surface area (Å²) in [5, 5.41) is 9.78. The van der Waals surface area contributed by atoms with Crippen molar-refractivity contribution >= 4 is 39.9 Å². The van der Waals surface area contributed by atoms with Gasteiger partial charge in [-0.1, -0.05) is 6.07 Å². The van der Waals surface area contributed by atoms with E-state index < -0.39 is 36.6 Å². The Balaban J connectivity index is 1.89. The average Bonchev–Trinajstić information content (AvgIpc) is 2.93. The van der Waals surface area contributed by atoms with Crippen molar-refractivity contribution in [3.63, 3.8) is 0 Å². The lowest BCUT2D eigenvalue weighted by Gasteiger charge is -2.13. The number of methoxy groups -OCH3 is 1. The van der Waals surface area contributed by atoms with Crippen LogP contribution in [0.2, 0.25) is 0 Å². The summed E-state index contributed by atoms with van der Waals surface area (Å²) in [5.74, 6) is -1.12. The third-order valence-corrected chi connectivity index (χ3v) is 5.37. The number of hydrogen-bond acceptors (Lipinski definition) is 7. The summed E-state index contributed by atoms with van der Waals surface area (Å²) in [6.45, 7) is 0.219. The van der Waals surface area contributed by atoms with E-state index in [9.17, 15) is 18.2 Å². The van der Waals surface area contributed by atoms with E-state index in [0.717, 1.165) is 5.56 Å². The second kappa shape index (κ2) is 6.98. The lowest BCUT2D eigenvalue weighted by Crippen LogP contribution is -2.28. The fourth-order valence-corrected chi connectivity index (χ4v) is 3.95. The highest BCUT2D eigenvalue weighted by atomic mass is 32.2. The van der Waals surface area contributed by atoms with Crippen molar-refractivity contribution < 1.29 is 31.7 Å². The first-order valence-corrected chi connectivity index (χ1v) is 8.98. The summed E-state index contributed by atoms with van der Waals surface area (Å²) in [7, 11) is -8.25. The van der Waals surface area contributed by atoms with Crippen molar-refractivity contribution in [2.75, 3.05) is 17.5 Å². The summed E-state index contributed by atoms with van der Waals surface area (Å²) < 4.78 is 58.4. The molecule has 0 bridgehead atoms. The molecule has 0 radical (unpaired) electrons. The Morgan fingerprint density at radius 3 is 3.00 bits per heavy atom. The van der Waals surface area contributed by atoms with E-state index in [1.54, 1.807) is 6.07 Å². The smallest absolute Gasteiger partial charge is 0.469 e. The lowest BCUT2D eigenvalue weighted by molar-refractivity contribution is -0.139. The SMILES string of the molecule is [2H]C([2H])([2H])OC(=O)Cc1cc(N)ccc1S(=O)(=O)Nc1ccc2c(c1)B(O)OC2. The van der Waals surface area contributed by atoms with Gasteiger partial charge in [-0.2, -0.15) is 0 Å². The Hall–Kier alpha value is -2.56. The molecule has 0 aromatic heterocycles. The fraction of sp³-hybridized carbons (Fsp3) is 0.188. The van der Waals surface area contributed by atoms with Gasteiger partial charge in [-0.3, -0.25) is 9.52 Å². The Kier molecular flexibility index (Phi) is 3.92. The molecule has 0 spiro atoms. The number of sulfonamides is 1. The number of carbonyl (C=O) groups excluding carboxylic acids is 1. The van der Waals surface area contributed by atoms with Crippen LogP contribution in [0.1, 0.15) is 15.2 Å². The van der Waals surface area contributed by atoms with Crippen molar-refractivity contribution in [3.8, 4) is 0 Å². The molecule has 2 aromatic rings. The van der Waals surface area contributed by atoms with Gasteiger partial charge in [-0.25, -0.2) is 8.42 Å². The second-order valence-electron chi connectivity index (χ2n) is 5.70. The molecule has 0 saturated heterocycles. The van der Waals surface area contributed by atoms with Crippen molar-refractivity contribution in [2.45, 2.75) is 17.9 Å². The van der Waals surface area contributed by atoms with Gasteiger partial charge in [0, 0.05) is 11.4 Å². The molecule has 0 atom stereocenters. The number of anilines is 2. The summed E-state index contributed by atoms with van der Waals surface area (Å²) >= 11 is 0. The molecule has 1 aliphatic rings. The van der Waals surface area contributed by atoms with Gasteiger partial charge in [0.2, 0.25) is 0 Å². The quantitative estimate of drug-likeness (QED) is 0.379. The first kappa shape index (κ1) is 14.6. The standard InChI is InChI=1S/C16H17BN2O6S/c1-24-16(20)7-11-6-12(18)3-5-15(11)26(22,23)19-13-4-2-10-9-25-17(21)14(10)8-13/h2-6,8,19,21H,7,9,18H2,1H3/i1D3. The summed E-state index contributed by atoms with van der Waals surface area (Å²) in [6, 6.07) is 8.40. The van der Waals surface area contributed by atoms with E-state index in [2.05, 4.69) is 9.46 Å². The maximum absolute atomic E-state index is 12.9. The van der Waals surface area contributed by atoms with Crippen LogP contribution in [0, 0.1) is 0 Å². The monoisotopic (exact) mass is 379 g/mol. The number of fused-ring (bicyclic) bond motifs is 1. The number of nitrogens with one attached hydrogen (secondary N) is 1. The number of esters is 1. The summed E-state index contributed by atoms with van der Waals surface area (Å²) in [6.07, 6.45) is -0.601. The van der Waals surface area contributed by atoms with Gasteiger partial charge in [0.15, 0.2) is 0 Å². The molecular weight excluding hydrogens is 359 g/mol. The zero-order valence-corrected chi connectivity index (χ0v) is 14.2. The highest BCUT2D eigenvalue weighted by Gasteiger charge is 2.28. The van der Waals surface area contributed by atoms with Crippen LogP contribution in [0.5, 0.6) is 0 Å². The molecule has 26 heavy (non-hydrogen) atoms. The molecule has 136 valence electrons. The minimum Gasteiger partial charge on any atom is -0.469 e. The van der Waals surface area contributed by atoms with Crippen LogP contribution in [-0.2, 0) is 37.2 Å². The summed E-state index contributed by atoms with van der Waals surface area (Å²) in [4.78, 5) is 11.6.